The summed E-state index contributed by atoms with van der Waals surface area (Å²) < 4.78 is 62.1. The first kappa shape index (κ1) is 17.2. The highest BCUT2D eigenvalue weighted by Crippen LogP contribution is 2.32. The lowest BCUT2D eigenvalue weighted by molar-refractivity contribution is -0.140. The fourth-order valence-corrected chi connectivity index (χ4v) is 2.92. The number of nitrogens with zero attached hydrogens (tertiary/aromatic N) is 2. The fourth-order valence-electron chi connectivity index (χ4n) is 2.42. The van der Waals surface area contributed by atoms with Gasteiger partial charge in [-0.2, -0.15) is 13.2 Å². The molecule has 130 valence electrons. The average Bonchev–Trinajstić information content (AvgIpc) is 3.01. The number of hydrogen-bond acceptors (Lipinski definition) is 3. The van der Waals surface area contributed by atoms with Gasteiger partial charge in [0.25, 0.3) is 0 Å². The van der Waals surface area contributed by atoms with Crippen molar-refractivity contribution in [3.05, 3.63) is 72.1 Å². The van der Waals surface area contributed by atoms with Crippen LogP contribution in [-0.2, 0) is 22.6 Å². The van der Waals surface area contributed by atoms with E-state index in [0.29, 0.717) is 16.8 Å². The lowest BCUT2D eigenvalue weighted by Gasteiger charge is -2.08. The second-order valence-electron chi connectivity index (χ2n) is 5.34. The molecule has 2 aromatic carbocycles. The second-order valence-corrected chi connectivity index (χ2v) is 6.32. The van der Waals surface area contributed by atoms with Crippen LogP contribution in [0.25, 0.3) is 17.1 Å². The number of imidazole rings is 1. The molecule has 0 N–H and O–H groups in total. The van der Waals surface area contributed by atoms with Crippen molar-refractivity contribution in [1.29, 1.82) is 0 Å². The van der Waals surface area contributed by atoms with E-state index >= 15 is 0 Å². The van der Waals surface area contributed by atoms with Gasteiger partial charge in [0, 0.05) is 17.4 Å². The number of benzene rings is 2. The Morgan fingerprint density at radius 3 is 2.16 bits per heavy atom. The molecule has 0 unspecified atom stereocenters. The van der Waals surface area contributed by atoms with Crippen LogP contribution in [0, 0.1) is 0 Å². The summed E-state index contributed by atoms with van der Waals surface area (Å²) in [6.07, 6.45) is -3.62. The minimum Gasteiger partial charge on any atom is -0.299 e. The van der Waals surface area contributed by atoms with Gasteiger partial charge in [0.2, 0.25) is 0 Å². The zero-order chi connectivity index (χ0) is 18.0. The minimum absolute atomic E-state index is 0.112. The fraction of sp³-hybridized carbons (Fsp3) is 0.118. The van der Waals surface area contributed by atoms with E-state index in [2.05, 4.69) is 4.98 Å². The van der Waals surface area contributed by atoms with E-state index < -0.39 is 22.6 Å². The molecule has 0 aliphatic carbocycles. The lowest BCUT2D eigenvalue weighted by atomic mass is 10.2. The zero-order valence-corrected chi connectivity index (χ0v) is 13.7. The molecule has 8 heteroatoms. The van der Waals surface area contributed by atoms with Gasteiger partial charge in [0.05, 0.1) is 5.75 Å². The monoisotopic (exact) mass is 366 g/mol. The van der Waals surface area contributed by atoms with Crippen molar-refractivity contribution in [3.8, 4) is 17.1 Å². The normalized spacial score (nSPS) is 11.8. The van der Waals surface area contributed by atoms with Gasteiger partial charge in [0.1, 0.15) is 16.5 Å². The molecule has 0 radical (unpaired) electrons. The predicted molar refractivity (Wildman–Crippen MR) is 88.0 cm³/mol. The highest BCUT2D eigenvalue weighted by atomic mass is 32.2. The van der Waals surface area contributed by atoms with Gasteiger partial charge in [0.15, 0.2) is 5.69 Å². The van der Waals surface area contributed by atoms with Gasteiger partial charge in [-0.1, -0.05) is 42.5 Å². The Morgan fingerprint density at radius 2 is 1.60 bits per heavy atom. The van der Waals surface area contributed by atoms with Crippen molar-refractivity contribution in [2.24, 2.45) is 0 Å². The molecule has 4 nitrogen and oxygen atoms in total. The molecule has 0 bridgehead atoms. The zero-order valence-electron chi connectivity index (χ0n) is 12.8. The average molecular weight is 366 g/mol. The second kappa shape index (κ2) is 6.72. The summed E-state index contributed by atoms with van der Waals surface area (Å²) in [7, 11) is -2.56. The molecule has 0 atom stereocenters. The number of alkyl halides is 3. The maximum Gasteiger partial charge on any atom is 0.434 e. The van der Waals surface area contributed by atoms with E-state index in [4.69, 9.17) is 0 Å². The summed E-state index contributed by atoms with van der Waals surface area (Å²) in [4.78, 5) is 3.74. The lowest BCUT2D eigenvalue weighted by Crippen LogP contribution is -2.05. The third kappa shape index (κ3) is 3.90. The maximum atomic E-state index is 13.1. The quantitative estimate of drug-likeness (QED) is 0.717. The highest BCUT2D eigenvalue weighted by molar-refractivity contribution is 7.71. The van der Waals surface area contributed by atoms with Crippen LogP contribution >= 0.6 is 0 Å². The third-order valence-corrected chi connectivity index (χ3v) is 4.18. The molecule has 1 aromatic heterocycles. The highest BCUT2D eigenvalue weighted by Gasteiger charge is 2.35. The van der Waals surface area contributed by atoms with Gasteiger partial charge in [-0.05, 0) is 17.7 Å². The number of rotatable bonds is 4. The van der Waals surface area contributed by atoms with Crippen LogP contribution in [0.5, 0.6) is 0 Å². The predicted octanol–water partition coefficient (Wildman–Crippen LogP) is 3.67. The van der Waals surface area contributed by atoms with Crippen molar-refractivity contribution in [1.82, 2.24) is 9.55 Å². The topological polar surface area (TPSA) is 52.0 Å². The summed E-state index contributed by atoms with van der Waals surface area (Å²) in [5.41, 5.74) is 0.590. The molecule has 0 spiro atoms. The number of hydrogen-bond donors (Lipinski definition) is 1. The van der Waals surface area contributed by atoms with E-state index in [1.807, 2.05) is 0 Å². The summed E-state index contributed by atoms with van der Waals surface area (Å²) in [6.45, 7) is 0. The van der Waals surface area contributed by atoms with Crippen LogP contribution in [-0.4, -0.2) is 18.0 Å². The molecule has 0 saturated heterocycles. The first-order valence-corrected chi connectivity index (χ1v) is 8.64. The van der Waals surface area contributed by atoms with E-state index in [1.54, 1.807) is 54.6 Å². The largest absolute Gasteiger partial charge is 0.434 e. The van der Waals surface area contributed by atoms with Gasteiger partial charge in [-0.25, -0.2) is 13.4 Å². The van der Waals surface area contributed by atoms with Crippen LogP contribution in [0.15, 0.2) is 60.8 Å². The number of aromatic nitrogens is 2. The molecule has 25 heavy (non-hydrogen) atoms. The summed E-state index contributed by atoms with van der Waals surface area (Å²) in [6, 6.07) is 14.8. The molecule has 0 fully saturated rings. The van der Waals surface area contributed by atoms with E-state index in [-0.39, 0.29) is 11.6 Å². The molecule has 0 aliphatic rings. The van der Waals surface area contributed by atoms with Crippen molar-refractivity contribution < 1.29 is 21.6 Å². The number of thiol groups is 1. The van der Waals surface area contributed by atoms with E-state index in [9.17, 15) is 21.6 Å². The van der Waals surface area contributed by atoms with Gasteiger partial charge < -0.3 is 0 Å². The number of halogens is 3. The molecular formula is C17H13F3N2O2S. The van der Waals surface area contributed by atoms with Crippen LogP contribution in [0.1, 0.15) is 11.3 Å². The first-order chi connectivity index (χ1) is 11.8. The summed E-state index contributed by atoms with van der Waals surface area (Å²) in [5, 5.41) is 0. The Morgan fingerprint density at radius 1 is 0.960 bits per heavy atom. The van der Waals surface area contributed by atoms with Crippen molar-refractivity contribution in [2.45, 2.75) is 11.9 Å². The van der Waals surface area contributed by atoms with Crippen LogP contribution in [0.3, 0.4) is 0 Å². The Bertz CT molecular complexity index is 938. The van der Waals surface area contributed by atoms with Gasteiger partial charge >= 0.3 is 6.18 Å². The van der Waals surface area contributed by atoms with Crippen molar-refractivity contribution in [3.63, 3.8) is 0 Å². The SMILES string of the molecule is O=[SH](=O)Cc1ccc(-n2cc(C(F)(F)F)nc2-c2ccccc2)cc1. The summed E-state index contributed by atoms with van der Waals surface area (Å²) >= 11 is 0. The molecule has 0 saturated carbocycles. The molecule has 0 aliphatic heterocycles. The van der Waals surface area contributed by atoms with Gasteiger partial charge in [-0.15, -0.1) is 0 Å². The van der Waals surface area contributed by atoms with E-state index in [1.165, 1.54) is 4.57 Å². The Hall–Kier alpha value is -2.61. The van der Waals surface area contributed by atoms with Crippen molar-refractivity contribution in [2.75, 3.05) is 0 Å². The molecule has 3 aromatic rings. The van der Waals surface area contributed by atoms with Crippen LogP contribution in [0.2, 0.25) is 0 Å². The van der Waals surface area contributed by atoms with E-state index in [0.717, 1.165) is 6.20 Å². The Kier molecular flexibility index (Phi) is 4.63. The molecular weight excluding hydrogens is 353 g/mol. The smallest absolute Gasteiger partial charge is 0.299 e. The van der Waals surface area contributed by atoms with Crippen molar-refractivity contribution >= 4 is 10.7 Å². The maximum absolute atomic E-state index is 13.1. The Labute approximate surface area is 143 Å². The third-order valence-electron chi connectivity index (χ3n) is 3.55. The Balaban J connectivity index is 2.09. The van der Waals surface area contributed by atoms with Crippen LogP contribution in [0.4, 0.5) is 13.2 Å². The minimum atomic E-state index is -4.56. The summed E-state index contributed by atoms with van der Waals surface area (Å²) in [5.74, 6) is 0.0504. The first-order valence-electron chi connectivity index (χ1n) is 7.28. The molecule has 1 heterocycles. The van der Waals surface area contributed by atoms with Crippen LogP contribution < -0.4 is 0 Å². The molecule has 3 rings (SSSR count). The van der Waals surface area contributed by atoms with Gasteiger partial charge in [-0.3, -0.25) is 4.57 Å². The molecule has 0 amide bonds. The standard InChI is InChI=1S/C17H13F3N2O2S/c18-17(19,20)15-10-22(16(21-15)13-4-2-1-3-5-13)14-8-6-12(7-9-14)11-25(23)24/h1-10,25H,11H2.